The van der Waals surface area contributed by atoms with E-state index in [1.165, 1.54) is 37.4 Å². The van der Waals surface area contributed by atoms with E-state index in [0.29, 0.717) is 5.75 Å². The molecule has 0 fully saturated rings. The van der Waals surface area contributed by atoms with Crippen molar-refractivity contribution in [2.75, 3.05) is 12.9 Å². The average molecular weight is 459 g/mol. The zero-order chi connectivity index (χ0) is 22.1. The van der Waals surface area contributed by atoms with E-state index in [-0.39, 0.29) is 21.4 Å². The molecule has 0 bridgehead atoms. The van der Waals surface area contributed by atoms with Crippen molar-refractivity contribution in [1.29, 1.82) is 0 Å². The second-order valence-electron chi connectivity index (χ2n) is 6.16. The molecule has 0 unspecified atom stereocenters. The Morgan fingerprint density at radius 1 is 1.17 bits per heavy atom. The first-order chi connectivity index (χ1) is 14.0. The summed E-state index contributed by atoms with van der Waals surface area (Å²) in [5, 5.41) is -0.292. The van der Waals surface area contributed by atoms with Crippen LogP contribution in [-0.2, 0) is 16.0 Å². The topological polar surface area (TPSA) is 78.3 Å². The molecule has 30 heavy (non-hydrogen) atoms. The van der Waals surface area contributed by atoms with Crippen LogP contribution in [0.25, 0.3) is 5.69 Å². The first-order valence-electron chi connectivity index (χ1n) is 8.33. The van der Waals surface area contributed by atoms with E-state index < -0.39 is 33.1 Å². The van der Waals surface area contributed by atoms with Gasteiger partial charge >= 0.3 is 6.18 Å². The van der Waals surface area contributed by atoms with Gasteiger partial charge in [-0.3, -0.25) is 9.36 Å². The largest absolute Gasteiger partial charge is 0.497 e. The third-order valence-electron chi connectivity index (χ3n) is 4.15. The fraction of sp³-hybridized carbons (Fsp3) is 0.158. The van der Waals surface area contributed by atoms with Gasteiger partial charge in [0.15, 0.2) is 15.6 Å². The normalized spacial score (nSPS) is 12.0. The molecule has 158 valence electrons. The minimum Gasteiger partial charge on any atom is -0.497 e. The van der Waals surface area contributed by atoms with Crippen molar-refractivity contribution >= 4 is 27.2 Å². The Hall–Kier alpha value is -2.85. The van der Waals surface area contributed by atoms with Gasteiger partial charge in [0.2, 0.25) is 0 Å². The summed E-state index contributed by atoms with van der Waals surface area (Å²) in [6, 6.07) is 9.86. The Bertz CT molecular complexity index is 1210. The fourth-order valence-corrected chi connectivity index (χ4v) is 4.18. The molecule has 0 aliphatic carbocycles. The maximum absolute atomic E-state index is 12.9. The zero-order valence-corrected chi connectivity index (χ0v) is 16.9. The number of alkyl halides is 3. The summed E-state index contributed by atoms with van der Waals surface area (Å²) in [5.41, 5.74) is -1.24. The molecule has 0 spiro atoms. The lowest BCUT2D eigenvalue weighted by molar-refractivity contribution is -0.137. The van der Waals surface area contributed by atoms with E-state index in [9.17, 15) is 26.4 Å². The standard InChI is InChI=1S/C19H14ClF3N2O4S/c1-29-14-6-3-7-15(9-14)30(27,28)10-16(26)17-18(20)25(11-24-17)13-5-2-4-12(8-13)19(21,22)23/h2-9,11H,10H2,1H3. The van der Waals surface area contributed by atoms with E-state index in [0.717, 1.165) is 23.0 Å². The van der Waals surface area contributed by atoms with Crippen LogP contribution < -0.4 is 4.74 Å². The summed E-state index contributed by atoms with van der Waals surface area (Å²) in [6.45, 7) is 0. The molecule has 0 aliphatic heterocycles. The summed E-state index contributed by atoms with van der Waals surface area (Å²) < 4.78 is 69.9. The molecule has 11 heteroatoms. The van der Waals surface area contributed by atoms with Gasteiger partial charge in [-0.15, -0.1) is 0 Å². The monoisotopic (exact) mass is 458 g/mol. The van der Waals surface area contributed by atoms with Gasteiger partial charge in [-0.05, 0) is 36.4 Å². The summed E-state index contributed by atoms with van der Waals surface area (Å²) in [7, 11) is -2.65. The number of nitrogens with zero attached hydrogens (tertiary/aromatic N) is 2. The number of halogens is 4. The van der Waals surface area contributed by atoms with Crippen molar-refractivity contribution < 1.29 is 31.1 Å². The lowest BCUT2D eigenvalue weighted by Crippen LogP contribution is -2.17. The Kier molecular flexibility index (Phi) is 5.91. The van der Waals surface area contributed by atoms with Crippen molar-refractivity contribution in [3.8, 4) is 11.4 Å². The maximum atomic E-state index is 12.9. The van der Waals surface area contributed by atoms with Gasteiger partial charge < -0.3 is 4.74 Å². The number of imidazole rings is 1. The molecule has 2 aromatic carbocycles. The van der Waals surface area contributed by atoms with E-state index >= 15 is 0 Å². The van der Waals surface area contributed by atoms with Gasteiger partial charge in [0.25, 0.3) is 0 Å². The van der Waals surface area contributed by atoms with Crippen LogP contribution in [0.3, 0.4) is 0 Å². The maximum Gasteiger partial charge on any atom is 0.416 e. The molecule has 0 N–H and O–H groups in total. The van der Waals surface area contributed by atoms with Crippen LogP contribution in [0.1, 0.15) is 16.1 Å². The Labute approximate surface area is 174 Å². The molecule has 0 aliphatic rings. The van der Waals surface area contributed by atoms with Crippen molar-refractivity contribution in [3.05, 3.63) is 71.3 Å². The smallest absolute Gasteiger partial charge is 0.416 e. The van der Waals surface area contributed by atoms with Crippen LogP contribution in [0, 0.1) is 0 Å². The number of sulfone groups is 1. The highest BCUT2D eigenvalue weighted by molar-refractivity contribution is 7.92. The van der Waals surface area contributed by atoms with Crippen LogP contribution in [0.4, 0.5) is 13.2 Å². The van der Waals surface area contributed by atoms with Crippen LogP contribution in [0.5, 0.6) is 5.75 Å². The minimum absolute atomic E-state index is 0.0250. The predicted molar refractivity (Wildman–Crippen MR) is 103 cm³/mol. The number of ketones is 1. The second-order valence-corrected chi connectivity index (χ2v) is 8.51. The quantitative estimate of drug-likeness (QED) is 0.517. The highest BCUT2D eigenvalue weighted by atomic mass is 35.5. The summed E-state index contributed by atoms with van der Waals surface area (Å²) in [5.74, 6) is -1.51. The molecule has 1 aromatic heterocycles. The molecule has 0 radical (unpaired) electrons. The third-order valence-corrected chi connectivity index (χ3v) is 6.12. The molecule has 6 nitrogen and oxygen atoms in total. The van der Waals surface area contributed by atoms with Gasteiger partial charge in [-0.1, -0.05) is 23.7 Å². The molecular weight excluding hydrogens is 445 g/mol. The molecular formula is C19H14ClF3N2O4S. The lowest BCUT2D eigenvalue weighted by Gasteiger charge is -2.10. The lowest BCUT2D eigenvalue weighted by atomic mass is 10.2. The van der Waals surface area contributed by atoms with Crippen LogP contribution in [-0.4, -0.2) is 36.6 Å². The van der Waals surface area contributed by atoms with Crippen molar-refractivity contribution in [1.82, 2.24) is 9.55 Å². The number of rotatable bonds is 6. The van der Waals surface area contributed by atoms with Crippen molar-refractivity contribution in [2.24, 2.45) is 0 Å². The van der Waals surface area contributed by atoms with E-state index in [1.54, 1.807) is 6.07 Å². The second kappa shape index (κ2) is 8.11. The number of carbonyl (C=O) groups excluding carboxylic acids is 1. The van der Waals surface area contributed by atoms with Crippen molar-refractivity contribution in [2.45, 2.75) is 11.1 Å². The van der Waals surface area contributed by atoms with E-state index in [1.807, 2.05) is 0 Å². The number of Topliss-reactive ketones (excluding diaryl/α,β-unsaturated/α-hetero) is 1. The molecule has 0 amide bonds. The van der Waals surface area contributed by atoms with Crippen LogP contribution in [0.15, 0.2) is 59.8 Å². The minimum atomic E-state index is -4.56. The van der Waals surface area contributed by atoms with Gasteiger partial charge in [0.05, 0.1) is 17.6 Å². The number of hydrogen-bond donors (Lipinski definition) is 0. The Balaban J connectivity index is 1.89. The molecule has 3 rings (SSSR count). The Morgan fingerprint density at radius 3 is 2.53 bits per heavy atom. The molecule has 0 saturated heterocycles. The highest BCUT2D eigenvalue weighted by Gasteiger charge is 2.31. The number of aromatic nitrogens is 2. The van der Waals surface area contributed by atoms with Gasteiger partial charge in [-0.25, -0.2) is 13.4 Å². The van der Waals surface area contributed by atoms with E-state index in [2.05, 4.69) is 4.98 Å². The highest BCUT2D eigenvalue weighted by Crippen LogP contribution is 2.31. The number of benzene rings is 2. The molecule has 1 heterocycles. The molecule has 3 aromatic rings. The predicted octanol–water partition coefficient (Wildman–Crippen LogP) is 4.21. The van der Waals surface area contributed by atoms with Gasteiger partial charge in [0.1, 0.15) is 28.7 Å². The van der Waals surface area contributed by atoms with Crippen molar-refractivity contribution in [3.63, 3.8) is 0 Å². The first-order valence-corrected chi connectivity index (χ1v) is 10.4. The summed E-state index contributed by atoms with van der Waals surface area (Å²) in [4.78, 5) is 16.2. The zero-order valence-electron chi connectivity index (χ0n) is 15.4. The fourth-order valence-electron chi connectivity index (χ4n) is 2.65. The number of carbonyl (C=O) groups is 1. The van der Waals surface area contributed by atoms with E-state index in [4.69, 9.17) is 16.3 Å². The molecule has 0 saturated carbocycles. The number of ether oxygens (including phenoxy) is 1. The third kappa shape index (κ3) is 4.49. The SMILES string of the molecule is COc1cccc(S(=O)(=O)CC(=O)c2ncn(-c3cccc(C(F)(F)F)c3)c2Cl)c1. The van der Waals surface area contributed by atoms with Crippen LogP contribution in [0.2, 0.25) is 5.15 Å². The molecule has 0 atom stereocenters. The first kappa shape index (κ1) is 21.8. The number of methoxy groups -OCH3 is 1. The average Bonchev–Trinajstić information content (AvgIpc) is 3.08. The Morgan fingerprint density at radius 2 is 1.87 bits per heavy atom. The number of hydrogen-bond acceptors (Lipinski definition) is 5. The van der Waals surface area contributed by atoms with Gasteiger partial charge in [0, 0.05) is 5.69 Å². The summed E-state index contributed by atoms with van der Waals surface area (Å²) >= 11 is 6.13. The van der Waals surface area contributed by atoms with Gasteiger partial charge in [-0.2, -0.15) is 13.2 Å². The summed E-state index contributed by atoms with van der Waals surface area (Å²) in [6.07, 6.45) is -3.50. The van der Waals surface area contributed by atoms with Crippen LogP contribution >= 0.6 is 11.6 Å².